The number of halogens is 4. The molecule has 0 spiro atoms. The van der Waals surface area contributed by atoms with Crippen molar-refractivity contribution in [1.82, 2.24) is 9.97 Å². The lowest BCUT2D eigenvalue weighted by Gasteiger charge is -2.11. The molecule has 1 unspecified atom stereocenters. The molecule has 1 aromatic heterocycles. The van der Waals surface area contributed by atoms with E-state index in [1.54, 1.807) is 6.92 Å². The van der Waals surface area contributed by atoms with Crippen LogP contribution in [0.5, 0.6) is 0 Å². The predicted octanol–water partition coefficient (Wildman–Crippen LogP) is 3.32. The van der Waals surface area contributed by atoms with Gasteiger partial charge in [-0.2, -0.15) is 13.2 Å². The smallest absolute Gasteiger partial charge is 0.323 e. The van der Waals surface area contributed by atoms with Gasteiger partial charge in [-0.15, -0.1) is 0 Å². The molecule has 0 fully saturated rings. The Balaban J connectivity index is 2.72. The highest BCUT2D eigenvalue weighted by molar-refractivity contribution is 6.28. The first-order valence-corrected chi connectivity index (χ1v) is 5.47. The molecule has 0 bridgehead atoms. The molecular weight excluding hydrogens is 267 g/mol. The molecule has 3 nitrogen and oxygen atoms in total. The lowest BCUT2D eigenvalue weighted by molar-refractivity contribution is -0.137. The second-order valence-electron chi connectivity index (χ2n) is 3.90. The Labute approximate surface area is 106 Å². The molecule has 0 aliphatic carbocycles. The van der Waals surface area contributed by atoms with E-state index in [4.69, 9.17) is 17.3 Å². The molecular formula is C11H9ClF3N3. The fraction of sp³-hybridized carbons (Fsp3) is 0.273. The molecule has 0 aliphatic heterocycles. The molecule has 1 heterocycles. The highest BCUT2D eigenvalue weighted by Crippen LogP contribution is 2.32. The molecule has 0 aliphatic rings. The Morgan fingerprint density at radius 2 is 1.94 bits per heavy atom. The number of alkyl halides is 3. The third-order valence-electron chi connectivity index (χ3n) is 2.46. The number of hydrogen-bond donors (Lipinski definition) is 1. The first kappa shape index (κ1) is 13.0. The molecule has 2 N–H and O–H groups in total. The number of rotatable bonds is 1. The average Bonchev–Trinajstić information content (AvgIpc) is 2.25. The Hall–Kier alpha value is -1.40. The van der Waals surface area contributed by atoms with Crippen LogP contribution in [0.3, 0.4) is 0 Å². The normalized spacial score (nSPS) is 13.9. The summed E-state index contributed by atoms with van der Waals surface area (Å²) < 4.78 is 37.7. The van der Waals surface area contributed by atoms with E-state index in [-0.39, 0.29) is 10.8 Å². The zero-order chi connectivity index (χ0) is 13.5. The summed E-state index contributed by atoms with van der Waals surface area (Å²) >= 11 is 5.68. The molecule has 2 rings (SSSR count). The number of fused-ring (bicyclic) bond motifs is 1. The molecule has 0 radical (unpaired) electrons. The number of nitrogens with zero attached hydrogens (tertiary/aromatic N) is 2. The van der Waals surface area contributed by atoms with E-state index in [0.29, 0.717) is 11.1 Å². The SMILES string of the molecule is CC(N)c1nc(Cl)nc2cc(C(F)(F)F)ccc12. The van der Waals surface area contributed by atoms with Crippen LogP contribution < -0.4 is 5.73 Å². The third-order valence-corrected chi connectivity index (χ3v) is 2.63. The van der Waals surface area contributed by atoms with Crippen LogP contribution in [0.4, 0.5) is 13.2 Å². The van der Waals surface area contributed by atoms with Gasteiger partial charge in [-0.05, 0) is 30.7 Å². The van der Waals surface area contributed by atoms with Crippen LogP contribution in [0, 0.1) is 0 Å². The fourth-order valence-electron chi connectivity index (χ4n) is 1.65. The van der Waals surface area contributed by atoms with Crippen molar-refractivity contribution < 1.29 is 13.2 Å². The van der Waals surface area contributed by atoms with Crippen molar-refractivity contribution in [2.45, 2.75) is 19.1 Å². The predicted molar refractivity (Wildman–Crippen MR) is 62.2 cm³/mol. The topological polar surface area (TPSA) is 51.8 Å². The molecule has 2 aromatic rings. The minimum atomic E-state index is -4.42. The van der Waals surface area contributed by atoms with Gasteiger partial charge < -0.3 is 5.73 Å². The molecule has 0 saturated carbocycles. The maximum Gasteiger partial charge on any atom is 0.416 e. The molecule has 1 atom stereocenters. The van der Waals surface area contributed by atoms with Crippen LogP contribution in [0.25, 0.3) is 10.9 Å². The van der Waals surface area contributed by atoms with Crippen LogP contribution >= 0.6 is 11.6 Å². The molecule has 96 valence electrons. The quantitative estimate of drug-likeness (QED) is 0.812. The zero-order valence-electron chi connectivity index (χ0n) is 9.29. The Morgan fingerprint density at radius 1 is 1.28 bits per heavy atom. The number of hydrogen-bond acceptors (Lipinski definition) is 3. The summed E-state index contributed by atoms with van der Waals surface area (Å²) in [5.74, 6) is 0. The third kappa shape index (κ3) is 2.39. The summed E-state index contributed by atoms with van der Waals surface area (Å²) in [5, 5.41) is 0.358. The summed E-state index contributed by atoms with van der Waals surface area (Å²) in [6.45, 7) is 1.68. The monoisotopic (exact) mass is 275 g/mol. The zero-order valence-corrected chi connectivity index (χ0v) is 10.0. The standard InChI is InChI=1S/C11H9ClF3N3/c1-5(16)9-7-3-2-6(11(13,14)15)4-8(7)17-10(12)18-9/h2-5H,16H2,1H3. The summed E-state index contributed by atoms with van der Waals surface area (Å²) in [4.78, 5) is 7.73. The maximum atomic E-state index is 12.6. The minimum absolute atomic E-state index is 0.117. The maximum absolute atomic E-state index is 12.6. The van der Waals surface area contributed by atoms with Crippen LogP contribution in [0.1, 0.15) is 24.2 Å². The van der Waals surface area contributed by atoms with Gasteiger partial charge in [0.2, 0.25) is 5.28 Å². The van der Waals surface area contributed by atoms with E-state index >= 15 is 0 Å². The molecule has 0 saturated heterocycles. The highest BCUT2D eigenvalue weighted by Gasteiger charge is 2.30. The van der Waals surface area contributed by atoms with E-state index in [1.807, 2.05) is 0 Å². The Bertz CT molecular complexity index is 596. The summed E-state index contributed by atoms with van der Waals surface area (Å²) in [5.41, 5.74) is 5.49. The van der Waals surface area contributed by atoms with Crippen molar-refractivity contribution in [2.75, 3.05) is 0 Å². The summed E-state index contributed by atoms with van der Waals surface area (Å²) in [6, 6.07) is 2.79. The first-order chi connectivity index (χ1) is 8.29. The van der Waals surface area contributed by atoms with E-state index in [1.165, 1.54) is 6.07 Å². The van der Waals surface area contributed by atoms with Gasteiger partial charge in [-0.3, -0.25) is 0 Å². The second-order valence-corrected chi connectivity index (χ2v) is 4.23. The van der Waals surface area contributed by atoms with Gasteiger partial charge in [-0.25, -0.2) is 9.97 Å². The number of benzene rings is 1. The Morgan fingerprint density at radius 3 is 2.50 bits per heavy atom. The molecule has 7 heteroatoms. The van der Waals surface area contributed by atoms with Crippen molar-refractivity contribution in [2.24, 2.45) is 5.73 Å². The van der Waals surface area contributed by atoms with Crippen LogP contribution in [-0.4, -0.2) is 9.97 Å². The fourth-order valence-corrected chi connectivity index (χ4v) is 1.83. The van der Waals surface area contributed by atoms with E-state index in [9.17, 15) is 13.2 Å². The van der Waals surface area contributed by atoms with Gasteiger partial charge >= 0.3 is 6.18 Å². The summed E-state index contributed by atoms with van der Waals surface area (Å²) in [7, 11) is 0. The van der Waals surface area contributed by atoms with Gasteiger partial charge in [0, 0.05) is 11.4 Å². The largest absolute Gasteiger partial charge is 0.416 e. The molecule has 18 heavy (non-hydrogen) atoms. The lowest BCUT2D eigenvalue weighted by atomic mass is 10.1. The van der Waals surface area contributed by atoms with Crippen molar-refractivity contribution in [1.29, 1.82) is 0 Å². The van der Waals surface area contributed by atoms with Gasteiger partial charge in [0.25, 0.3) is 0 Å². The van der Waals surface area contributed by atoms with Crippen molar-refractivity contribution in [3.8, 4) is 0 Å². The number of nitrogens with two attached hydrogens (primary N) is 1. The van der Waals surface area contributed by atoms with Crippen LogP contribution in [-0.2, 0) is 6.18 Å². The van der Waals surface area contributed by atoms with E-state index < -0.39 is 17.8 Å². The van der Waals surface area contributed by atoms with Crippen molar-refractivity contribution in [3.05, 3.63) is 34.7 Å². The second kappa shape index (κ2) is 4.37. The van der Waals surface area contributed by atoms with E-state index in [2.05, 4.69) is 9.97 Å². The summed E-state index contributed by atoms with van der Waals surface area (Å²) in [6.07, 6.45) is -4.42. The molecule has 1 aromatic carbocycles. The molecule has 0 amide bonds. The number of aromatic nitrogens is 2. The lowest BCUT2D eigenvalue weighted by Crippen LogP contribution is -2.10. The van der Waals surface area contributed by atoms with Crippen molar-refractivity contribution in [3.63, 3.8) is 0 Å². The minimum Gasteiger partial charge on any atom is -0.323 e. The highest BCUT2D eigenvalue weighted by atomic mass is 35.5. The van der Waals surface area contributed by atoms with Crippen molar-refractivity contribution >= 4 is 22.5 Å². The van der Waals surface area contributed by atoms with Gasteiger partial charge in [0.1, 0.15) is 0 Å². The van der Waals surface area contributed by atoms with Gasteiger partial charge in [-0.1, -0.05) is 6.07 Å². The van der Waals surface area contributed by atoms with Gasteiger partial charge in [0.05, 0.1) is 16.8 Å². The average molecular weight is 276 g/mol. The van der Waals surface area contributed by atoms with E-state index in [0.717, 1.165) is 12.1 Å². The van der Waals surface area contributed by atoms with Crippen LogP contribution in [0.15, 0.2) is 18.2 Å². The van der Waals surface area contributed by atoms with Gasteiger partial charge in [0.15, 0.2) is 0 Å². The van der Waals surface area contributed by atoms with Crippen LogP contribution in [0.2, 0.25) is 5.28 Å². The first-order valence-electron chi connectivity index (χ1n) is 5.09. The Kier molecular flexibility index (Phi) is 3.16.